The van der Waals surface area contributed by atoms with E-state index < -0.39 is 6.03 Å². The number of nitrogens with one attached hydrogen (secondary N) is 1. The first-order valence-electron chi connectivity index (χ1n) is 5.07. The van der Waals surface area contributed by atoms with Crippen molar-refractivity contribution >= 4 is 24.2 Å². The molecule has 1 aromatic rings. The molecule has 0 saturated carbocycles. The van der Waals surface area contributed by atoms with Gasteiger partial charge in [0, 0.05) is 11.8 Å². The molecule has 6 heteroatoms. The van der Waals surface area contributed by atoms with Crippen LogP contribution in [0, 0.1) is 0 Å². The number of urea groups is 1. The van der Waals surface area contributed by atoms with E-state index in [4.69, 9.17) is 15.2 Å². The standard InChI is InChI=1S/C12H15N3O3/c1-14-7-11(18-3)9-5-4-8(15-12(13)16)6-10(9)17-2/h4-7H,1H2,2-3H3,(H3,13,15,16)/b11-7-. The van der Waals surface area contributed by atoms with Gasteiger partial charge in [0.15, 0.2) is 0 Å². The van der Waals surface area contributed by atoms with E-state index in [9.17, 15) is 4.79 Å². The Morgan fingerprint density at radius 1 is 1.50 bits per heavy atom. The predicted octanol–water partition coefficient (Wildman–Crippen LogP) is 1.83. The number of rotatable bonds is 5. The lowest BCUT2D eigenvalue weighted by atomic mass is 10.1. The van der Waals surface area contributed by atoms with Gasteiger partial charge < -0.3 is 20.5 Å². The van der Waals surface area contributed by atoms with Gasteiger partial charge in [-0.25, -0.2) is 4.79 Å². The SMILES string of the molecule is C=N/C=C(\OC)c1ccc(NC(N)=O)cc1OC. The van der Waals surface area contributed by atoms with Crippen molar-refractivity contribution in [3.05, 3.63) is 30.0 Å². The van der Waals surface area contributed by atoms with Crippen molar-refractivity contribution in [2.45, 2.75) is 0 Å². The first kappa shape index (κ1) is 13.6. The third kappa shape index (κ3) is 3.24. The van der Waals surface area contributed by atoms with E-state index >= 15 is 0 Å². The van der Waals surface area contributed by atoms with Gasteiger partial charge in [-0.05, 0) is 18.9 Å². The molecule has 0 unspecified atom stereocenters. The number of hydrogen-bond acceptors (Lipinski definition) is 4. The van der Waals surface area contributed by atoms with E-state index in [1.54, 1.807) is 18.2 Å². The number of hydrogen-bond donors (Lipinski definition) is 2. The summed E-state index contributed by atoms with van der Waals surface area (Å²) in [6.07, 6.45) is 1.47. The average molecular weight is 249 g/mol. The van der Waals surface area contributed by atoms with E-state index in [1.165, 1.54) is 20.4 Å². The van der Waals surface area contributed by atoms with Crippen LogP contribution in [-0.2, 0) is 4.74 Å². The van der Waals surface area contributed by atoms with Crippen molar-refractivity contribution in [1.29, 1.82) is 0 Å². The van der Waals surface area contributed by atoms with Crippen molar-refractivity contribution in [2.24, 2.45) is 10.7 Å². The number of ether oxygens (including phenoxy) is 2. The molecule has 1 rings (SSSR count). The number of carbonyl (C=O) groups excluding carboxylic acids is 1. The molecule has 1 aromatic carbocycles. The van der Waals surface area contributed by atoms with Crippen LogP contribution in [0.1, 0.15) is 5.56 Å². The number of amides is 2. The van der Waals surface area contributed by atoms with Gasteiger partial charge in [0.1, 0.15) is 11.5 Å². The molecule has 3 N–H and O–H groups in total. The largest absolute Gasteiger partial charge is 0.496 e. The molecule has 0 aliphatic carbocycles. The Morgan fingerprint density at radius 2 is 2.22 bits per heavy atom. The van der Waals surface area contributed by atoms with Gasteiger partial charge in [-0.3, -0.25) is 4.99 Å². The van der Waals surface area contributed by atoms with Crippen LogP contribution in [0.25, 0.3) is 5.76 Å². The molecular weight excluding hydrogens is 234 g/mol. The van der Waals surface area contributed by atoms with Crippen LogP contribution >= 0.6 is 0 Å². The van der Waals surface area contributed by atoms with E-state index in [0.29, 0.717) is 22.8 Å². The zero-order chi connectivity index (χ0) is 13.5. The van der Waals surface area contributed by atoms with Crippen LogP contribution in [0.4, 0.5) is 10.5 Å². The van der Waals surface area contributed by atoms with Crippen molar-refractivity contribution in [3.8, 4) is 5.75 Å². The van der Waals surface area contributed by atoms with Crippen LogP contribution in [0.5, 0.6) is 5.75 Å². The maximum atomic E-state index is 10.8. The van der Waals surface area contributed by atoms with Gasteiger partial charge in [0.25, 0.3) is 0 Å². The molecule has 0 bridgehead atoms. The van der Waals surface area contributed by atoms with Gasteiger partial charge in [-0.2, -0.15) is 0 Å². The first-order valence-corrected chi connectivity index (χ1v) is 5.07. The Kier molecular flexibility index (Phi) is 4.74. The monoisotopic (exact) mass is 249 g/mol. The van der Waals surface area contributed by atoms with E-state index in [2.05, 4.69) is 17.0 Å². The zero-order valence-electron chi connectivity index (χ0n) is 10.3. The summed E-state index contributed by atoms with van der Waals surface area (Å²) >= 11 is 0. The summed E-state index contributed by atoms with van der Waals surface area (Å²) in [5.74, 6) is 1.03. The lowest BCUT2D eigenvalue weighted by molar-refractivity contribution is 0.259. The third-order valence-electron chi connectivity index (χ3n) is 2.16. The van der Waals surface area contributed by atoms with Gasteiger partial charge in [-0.15, -0.1) is 0 Å². The quantitative estimate of drug-likeness (QED) is 0.616. The summed E-state index contributed by atoms with van der Waals surface area (Å²) in [6, 6.07) is 4.40. The highest BCUT2D eigenvalue weighted by atomic mass is 16.5. The molecule has 0 aliphatic heterocycles. The lowest BCUT2D eigenvalue weighted by Crippen LogP contribution is -2.19. The third-order valence-corrected chi connectivity index (χ3v) is 2.16. The molecule has 96 valence electrons. The minimum Gasteiger partial charge on any atom is -0.496 e. The molecule has 0 radical (unpaired) electrons. The van der Waals surface area contributed by atoms with Gasteiger partial charge in [0.05, 0.1) is 26.0 Å². The number of methoxy groups -OCH3 is 2. The summed E-state index contributed by atoms with van der Waals surface area (Å²) < 4.78 is 10.4. The topological polar surface area (TPSA) is 85.9 Å². The zero-order valence-corrected chi connectivity index (χ0v) is 10.3. The molecular formula is C12H15N3O3. The molecule has 6 nitrogen and oxygen atoms in total. The Labute approximate surface area is 105 Å². The van der Waals surface area contributed by atoms with Crippen LogP contribution in [-0.4, -0.2) is 27.0 Å². The van der Waals surface area contributed by atoms with Crippen molar-refractivity contribution in [3.63, 3.8) is 0 Å². The smallest absolute Gasteiger partial charge is 0.316 e. The Morgan fingerprint density at radius 3 is 2.72 bits per heavy atom. The van der Waals surface area contributed by atoms with Crippen molar-refractivity contribution in [1.82, 2.24) is 0 Å². The lowest BCUT2D eigenvalue weighted by Gasteiger charge is -2.12. The summed E-state index contributed by atoms with van der Waals surface area (Å²) in [5, 5.41) is 2.46. The molecule has 0 heterocycles. The van der Waals surface area contributed by atoms with Crippen molar-refractivity contribution < 1.29 is 14.3 Å². The maximum Gasteiger partial charge on any atom is 0.316 e. The highest BCUT2D eigenvalue weighted by Gasteiger charge is 2.10. The van der Waals surface area contributed by atoms with E-state index in [-0.39, 0.29) is 0 Å². The van der Waals surface area contributed by atoms with Gasteiger partial charge in [0.2, 0.25) is 0 Å². The number of anilines is 1. The summed E-state index contributed by atoms with van der Waals surface area (Å²) in [5.41, 5.74) is 6.27. The number of nitrogens with two attached hydrogens (primary N) is 1. The number of benzene rings is 1. The highest BCUT2D eigenvalue weighted by molar-refractivity contribution is 5.88. The first-order chi connectivity index (χ1) is 8.62. The second-order valence-corrected chi connectivity index (χ2v) is 3.28. The van der Waals surface area contributed by atoms with Gasteiger partial charge >= 0.3 is 6.03 Å². The fraction of sp³-hybridized carbons (Fsp3) is 0.167. The highest BCUT2D eigenvalue weighted by Crippen LogP contribution is 2.29. The molecule has 0 atom stereocenters. The fourth-order valence-corrected chi connectivity index (χ4v) is 1.43. The summed E-state index contributed by atoms with van der Waals surface area (Å²) in [6.45, 7) is 3.37. The summed E-state index contributed by atoms with van der Waals surface area (Å²) in [7, 11) is 3.04. The molecule has 0 aromatic heterocycles. The van der Waals surface area contributed by atoms with Gasteiger partial charge in [-0.1, -0.05) is 0 Å². The molecule has 0 spiro atoms. The number of carbonyl (C=O) groups is 1. The normalized spacial score (nSPS) is 10.7. The fourth-order valence-electron chi connectivity index (χ4n) is 1.43. The Bertz CT molecular complexity index is 483. The minimum atomic E-state index is -0.639. The second-order valence-electron chi connectivity index (χ2n) is 3.28. The summed E-state index contributed by atoms with van der Waals surface area (Å²) in [4.78, 5) is 14.4. The van der Waals surface area contributed by atoms with Crippen LogP contribution in [0.15, 0.2) is 29.4 Å². The number of aliphatic imine (C=N–C) groups is 1. The second kappa shape index (κ2) is 6.29. The Hall–Kier alpha value is -2.50. The number of primary amides is 1. The molecule has 0 saturated heterocycles. The molecule has 18 heavy (non-hydrogen) atoms. The molecule has 0 aliphatic rings. The molecule has 0 fully saturated rings. The average Bonchev–Trinajstić information content (AvgIpc) is 2.35. The minimum absolute atomic E-state index is 0.507. The Balaban J connectivity index is 3.17. The van der Waals surface area contributed by atoms with Crippen LogP contribution in [0.2, 0.25) is 0 Å². The maximum absolute atomic E-state index is 10.8. The molecule has 2 amide bonds. The predicted molar refractivity (Wildman–Crippen MR) is 70.7 cm³/mol. The van der Waals surface area contributed by atoms with E-state index in [1.807, 2.05) is 0 Å². The van der Waals surface area contributed by atoms with Crippen LogP contribution in [0.3, 0.4) is 0 Å². The van der Waals surface area contributed by atoms with Crippen molar-refractivity contribution in [2.75, 3.05) is 19.5 Å². The number of nitrogens with zero attached hydrogens (tertiary/aromatic N) is 1. The van der Waals surface area contributed by atoms with Crippen LogP contribution < -0.4 is 15.8 Å². The van der Waals surface area contributed by atoms with E-state index in [0.717, 1.165) is 0 Å².